The standard InChI is InChI=1S/C15H24N2O4S.ClH/c1-3-20-14-8-7-12(9-15(14)21-4-2)22(18,19)17-13(10-16)11-5-6-11;/h7-9,11,13,17H,3-6,10,16H2,1-2H3;1H. The predicted octanol–water partition coefficient (Wildman–Crippen LogP) is 1.92. The SMILES string of the molecule is CCOc1ccc(S(=O)(=O)NC(CN)C2CC2)cc1OCC.Cl. The zero-order valence-electron chi connectivity index (χ0n) is 13.4. The smallest absolute Gasteiger partial charge is 0.241 e. The van der Waals surface area contributed by atoms with Gasteiger partial charge in [-0.2, -0.15) is 0 Å². The number of nitrogens with two attached hydrogens (primary N) is 1. The fourth-order valence-electron chi connectivity index (χ4n) is 2.30. The molecule has 1 fully saturated rings. The molecule has 1 atom stereocenters. The van der Waals surface area contributed by atoms with Gasteiger partial charge in [0.05, 0.1) is 18.1 Å². The Bertz CT molecular complexity index is 605. The predicted molar refractivity (Wildman–Crippen MR) is 91.9 cm³/mol. The summed E-state index contributed by atoms with van der Waals surface area (Å²) in [4.78, 5) is 0.165. The van der Waals surface area contributed by atoms with Gasteiger partial charge in [-0.05, 0) is 44.7 Å². The van der Waals surface area contributed by atoms with E-state index in [1.807, 2.05) is 13.8 Å². The molecule has 8 heteroatoms. The van der Waals surface area contributed by atoms with Crippen LogP contribution in [0.15, 0.2) is 23.1 Å². The summed E-state index contributed by atoms with van der Waals surface area (Å²) in [6, 6.07) is 4.44. The molecule has 1 saturated carbocycles. The summed E-state index contributed by atoms with van der Waals surface area (Å²) < 4.78 is 38.6. The molecule has 3 N–H and O–H groups in total. The van der Waals surface area contributed by atoms with E-state index in [1.165, 1.54) is 12.1 Å². The van der Waals surface area contributed by atoms with E-state index in [9.17, 15) is 8.42 Å². The molecule has 0 aliphatic heterocycles. The Hall–Kier alpha value is -1.02. The van der Waals surface area contributed by atoms with E-state index < -0.39 is 10.0 Å². The topological polar surface area (TPSA) is 90.7 Å². The lowest BCUT2D eigenvalue weighted by Gasteiger charge is -2.17. The zero-order chi connectivity index (χ0) is 16.2. The van der Waals surface area contributed by atoms with E-state index in [4.69, 9.17) is 15.2 Å². The molecule has 132 valence electrons. The molecule has 1 aromatic rings. The van der Waals surface area contributed by atoms with Gasteiger partial charge in [0.15, 0.2) is 11.5 Å². The molecule has 0 bridgehead atoms. The van der Waals surface area contributed by atoms with Crippen LogP contribution in [0.4, 0.5) is 0 Å². The summed E-state index contributed by atoms with van der Waals surface area (Å²) in [6.45, 7) is 4.93. The highest BCUT2D eigenvalue weighted by molar-refractivity contribution is 7.89. The molecular formula is C15H25ClN2O4S. The van der Waals surface area contributed by atoms with Crippen molar-refractivity contribution in [3.63, 3.8) is 0 Å². The molecule has 2 rings (SSSR count). The molecule has 1 aromatic carbocycles. The summed E-state index contributed by atoms with van der Waals surface area (Å²) in [5, 5.41) is 0. The Morgan fingerprint density at radius 1 is 1.22 bits per heavy atom. The average molecular weight is 365 g/mol. The first-order valence-electron chi connectivity index (χ1n) is 7.63. The molecular weight excluding hydrogens is 340 g/mol. The van der Waals surface area contributed by atoms with E-state index in [0.717, 1.165) is 12.8 Å². The Labute approximate surface area is 144 Å². The van der Waals surface area contributed by atoms with Crippen molar-refractivity contribution in [3.8, 4) is 11.5 Å². The molecule has 1 aliphatic carbocycles. The van der Waals surface area contributed by atoms with Crippen LogP contribution in [0.25, 0.3) is 0 Å². The van der Waals surface area contributed by atoms with Crippen molar-refractivity contribution in [2.24, 2.45) is 11.7 Å². The van der Waals surface area contributed by atoms with Crippen LogP contribution >= 0.6 is 12.4 Å². The molecule has 0 heterocycles. The van der Waals surface area contributed by atoms with Crippen LogP contribution in [-0.4, -0.2) is 34.2 Å². The van der Waals surface area contributed by atoms with Crippen molar-refractivity contribution < 1.29 is 17.9 Å². The first-order chi connectivity index (χ1) is 10.5. The maximum atomic E-state index is 12.5. The molecule has 23 heavy (non-hydrogen) atoms. The van der Waals surface area contributed by atoms with Gasteiger partial charge in [-0.15, -0.1) is 12.4 Å². The van der Waals surface area contributed by atoms with Gasteiger partial charge in [0.1, 0.15) is 0 Å². The van der Waals surface area contributed by atoms with Crippen LogP contribution in [0.2, 0.25) is 0 Å². The summed E-state index contributed by atoms with van der Waals surface area (Å²) >= 11 is 0. The fourth-order valence-corrected chi connectivity index (χ4v) is 3.63. The maximum Gasteiger partial charge on any atom is 0.241 e. The van der Waals surface area contributed by atoms with Crippen LogP contribution in [0.5, 0.6) is 11.5 Å². The molecule has 6 nitrogen and oxygen atoms in total. The summed E-state index contributed by atoms with van der Waals surface area (Å²) in [7, 11) is -3.61. The number of halogens is 1. The lowest BCUT2D eigenvalue weighted by atomic mass is 10.2. The highest BCUT2D eigenvalue weighted by atomic mass is 35.5. The van der Waals surface area contributed by atoms with Gasteiger partial charge in [0.2, 0.25) is 10.0 Å². The molecule has 0 saturated heterocycles. The van der Waals surface area contributed by atoms with Crippen molar-refractivity contribution in [1.82, 2.24) is 4.72 Å². The summed E-state index contributed by atoms with van der Waals surface area (Å²) in [6.07, 6.45) is 2.05. The molecule has 0 aromatic heterocycles. The zero-order valence-corrected chi connectivity index (χ0v) is 15.1. The van der Waals surface area contributed by atoms with Crippen molar-refractivity contribution >= 4 is 22.4 Å². The number of benzene rings is 1. The fraction of sp³-hybridized carbons (Fsp3) is 0.600. The van der Waals surface area contributed by atoms with E-state index in [1.54, 1.807) is 6.07 Å². The molecule has 0 amide bonds. The molecule has 0 radical (unpaired) electrons. The number of hydrogen-bond acceptors (Lipinski definition) is 5. The summed E-state index contributed by atoms with van der Waals surface area (Å²) in [5.41, 5.74) is 5.67. The molecule has 0 spiro atoms. The van der Waals surface area contributed by atoms with Crippen LogP contribution in [0.3, 0.4) is 0 Å². The Kier molecular flexibility index (Phi) is 7.60. The highest BCUT2D eigenvalue weighted by Crippen LogP contribution is 2.34. The van der Waals surface area contributed by atoms with Crippen molar-refractivity contribution in [1.29, 1.82) is 0 Å². The third-order valence-electron chi connectivity index (χ3n) is 3.58. The minimum atomic E-state index is -3.61. The minimum absolute atomic E-state index is 0. The maximum absolute atomic E-state index is 12.5. The Morgan fingerprint density at radius 3 is 2.35 bits per heavy atom. The van der Waals surface area contributed by atoms with Crippen molar-refractivity contribution in [3.05, 3.63) is 18.2 Å². The third kappa shape index (κ3) is 5.24. The van der Waals surface area contributed by atoms with Gasteiger partial charge in [-0.25, -0.2) is 13.1 Å². The van der Waals surface area contributed by atoms with Gasteiger partial charge >= 0.3 is 0 Å². The first-order valence-corrected chi connectivity index (χ1v) is 9.12. The van der Waals surface area contributed by atoms with Crippen molar-refractivity contribution in [2.45, 2.75) is 37.6 Å². The normalized spacial score (nSPS) is 15.6. The quantitative estimate of drug-likeness (QED) is 0.698. The second-order valence-electron chi connectivity index (χ2n) is 5.28. The van der Waals surface area contributed by atoms with E-state index >= 15 is 0 Å². The first kappa shape index (κ1) is 20.0. The van der Waals surface area contributed by atoms with Crippen LogP contribution in [-0.2, 0) is 10.0 Å². The van der Waals surface area contributed by atoms with Crippen molar-refractivity contribution in [2.75, 3.05) is 19.8 Å². The number of ether oxygens (including phenoxy) is 2. The second kappa shape index (κ2) is 8.73. The van der Waals surface area contributed by atoms with Gasteiger partial charge in [-0.3, -0.25) is 0 Å². The van der Waals surface area contributed by atoms with Gasteiger partial charge < -0.3 is 15.2 Å². The van der Waals surface area contributed by atoms with Gasteiger partial charge in [-0.1, -0.05) is 0 Å². The molecule has 1 unspecified atom stereocenters. The number of rotatable bonds is 9. The van der Waals surface area contributed by atoms with E-state index in [2.05, 4.69) is 4.72 Å². The van der Waals surface area contributed by atoms with Crippen LogP contribution < -0.4 is 19.9 Å². The van der Waals surface area contributed by atoms with Gasteiger partial charge in [0.25, 0.3) is 0 Å². The number of sulfonamides is 1. The van der Waals surface area contributed by atoms with E-state index in [-0.39, 0.29) is 23.3 Å². The lowest BCUT2D eigenvalue weighted by Crippen LogP contribution is -2.41. The van der Waals surface area contributed by atoms with E-state index in [0.29, 0.717) is 37.2 Å². The van der Waals surface area contributed by atoms with Crippen LogP contribution in [0, 0.1) is 5.92 Å². The Balaban J connectivity index is 0.00000264. The Morgan fingerprint density at radius 2 is 1.83 bits per heavy atom. The highest BCUT2D eigenvalue weighted by Gasteiger charge is 2.33. The van der Waals surface area contributed by atoms with Gasteiger partial charge in [0, 0.05) is 18.7 Å². The number of hydrogen-bond donors (Lipinski definition) is 2. The monoisotopic (exact) mass is 364 g/mol. The lowest BCUT2D eigenvalue weighted by molar-refractivity contribution is 0.287. The minimum Gasteiger partial charge on any atom is -0.490 e. The number of nitrogens with one attached hydrogen (secondary N) is 1. The second-order valence-corrected chi connectivity index (χ2v) is 6.99. The third-order valence-corrected chi connectivity index (χ3v) is 5.06. The molecule has 1 aliphatic rings. The average Bonchev–Trinajstić information content (AvgIpc) is 3.31. The summed E-state index contributed by atoms with van der Waals surface area (Å²) in [5.74, 6) is 1.33. The van der Waals surface area contributed by atoms with Crippen LogP contribution in [0.1, 0.15) is 26.7 Å². The largest absolute Gasteiger partial charge is 0.490 e.